The maximum atomic E-state index is 5.96. The van der Waals surface area contributed by atoms with E-state index in [2.05, 4.69) is 41.2 Å². The third-order valence-electron chi connectivity index (χ3n) is 4.34. The van der Waals surface area contributed by atoms with Gasteiger partial charge in [-0.1, -0.05) is 37.3 Å². The highest BCUT2D eigenvalue weighted by Crippen LogP contribution is 2.30. The van der Waals surface area contributed by atoms with Crippen molar-refractivity contribution in [3.8, 4) is 22.5 Å². The van der Waals surface area contributed by atoms with E-state index in [1.807, 2.05) is 36.5 Å². The van der Waals surface area contributed by atoms with Gasteiger partial charge in [0.2, 0.25) is 0 Å². The van der Waals surface area contributed by atoms with Gasteiger partial charge in [-0.2, -0.15) is 0 Å². The second kappa shape index (κ2) is 6.32. The first kappa shape index (κ1) is 15.3. The summed E-state index contributed by atoms with van der Waals surface area (Å²) in [7, 11) is 0. The van der Waals surface area contributed by atoms with Crippen LogP contribution in [0, 0.1) is 0 Å². The molecule has 1 aromatic carbocycles. The third-order valence-corrected chi connectivity index (χ3v) is 4.34. The highest BCUT2D eigenvalue weighted by molar-refractivity contribution is 5.94. The molecule has 4 nitrogen and oxygen atoms in total. The van der Waals surface area contributed by atoms with Crippen molar-refractivity contribution in [3.05, 3.63) is 72.6 Å². The van der Waals surface area contributed by atoms with Crippen LogP contribution in [0.2, 0.25) is 0 Å². The molecule has 0 amide bonds. The van der Waals surface area contributed by atoms with Gasteiger partial charge in [-0.25, -0.2) is 9.97 Å². The fourth-order valence-corrected chi connectivity index (χ4v) is 2.99. The Morgan fingerprint density at radius 1 is 0.920 bits per heavy atom. The minimum absolute atomic E-state index is 0.591. The van der Waals surface area contributed by atoms with Gasteiger partial charge in [0.15, 0.2) is 0 Å². The van der Waals surface area contributed by atoms with Crippen molar-refractivity contribution in [1.82, 2.24) is 15.0 Å². The number of aromatic nitrogens is 3. The molecular formula is C21H18N4. The van der Waals surface area contributed by atoms with Crippen molar-refractivity contribution in [2.75, 3.05) is 5.73 Å². The number of anilines is 1. The number of nitrogen functional groups attached to an aromatic ring is 1. The summed E-state index contributed by atoms with van der Waals surface area (Å²) < 4.78 is 0. The third kappa shape index (κ3) is 2.83. The van der Waals surface area contributed by atoms with Crippen LogP contribution in [0.1, 0.15) is 12.5 Å². The molecule has 0 unspecified atom stereocenters. The van der Waals surface area contributed by atoms with E-state index in [4.69, 9.17) is 10.7 Å². The highest BCUT2D eigenvalue weighted by Gasteiger charge is 2.10. The van der Waals surface area contributed by atoms with E-state index < -0.39 is 0 Å². The Bertz CT molecular complexity index is 1040. The summed E-state index contributed by atoms with van der Waals surface area (Å²) in [6, 6.07) is 18.2. The number of fused-ring (bicyclic) bond motifs is 1. The molecule has 3 heterocycles. The summed E-state index contributed by atoms with van der Waals surface area (Å²) >= 11 is 0. The van der Waals surface area contributed by atoms with Gasteiger partial charge in [-0.15, -0.1) is 0 Å². The average Bonchev–Trinajstić information content (AvgIpc) is 2.68. The Kier molecular flexibility index (Phi) is 3.86. The van der Waals surface area contributed by atoms with Gasteiger partial charge in [0.1, 0.15) is 5.82 Å². The molecule has 25 heavy (non-hydrogen) atoms. The zero-order valence-electron chi connectivity index (χ0n) is 14.0. The average molecular weight is 326 g/mol. The predicted octanol–water partition coefficient (Wildman–Crippen LogP) is 4.50. The fraction of sp³-hybridized carbons (Fsp3) is 0.0952. The largest absolute Gasteiger partial charge is 0.383 e. The van der Waals surface area contributed by atoms with E-state index in [0.717, 1.165) is 45.4 Å². The zero-order chi connectivity index (χ0) is 17.2. The molecule has 0 atom stereocenters. The van der Waals surface area contributed by atoms with Gasteiger partial charge < -0.3 is 5.73 Å². The molecule has 4 rings (SSSR count). The number of pyridine rings is 3. The fourth-order valence-electron chi connectivity index (χ4n) is 2.99. The van der Waals surface area contributed by atoms with Crippen molar-refractivity contribution < 1.29 is 0 Å². The van der Waals surface area contributed by atoms with Crippen LogP contribution in [0.25, 0.3) is 33.4 Å². The minimum Gasteiger partial charge on any atom is -0.383 e. The smallest absolute Gasteiger partial charge is 0.126 e. The predicted molar refractivity (Wildman–Crippen MR) is 102 cm³/mol. The molecule has 122 valence electrons. The number of benzene rings is 1. The lowest BCUT2D eigenvalue weighted by Gasteiger charge is -2.10. The van der Waals surface area contributed by atoms with Crippen LogP contribution < -0.4 is 5.73 Å². The van der Waals surface area contributed by atoms with Gasteiger partial charge in [0.25, 0.3) is 0 Å². The van der Waals surface area contributed by atoms with Crippen molar-refractivity contribution in [3.63, 3.8) is 0 Å². The lowest BCUT2D eigenvalue weighted by Crippen LogP contribution is -1.97. The minimum atomic E-state index is 0.591. The molecule has 0 aliphatic heterocycles. The summed E-state index contributed by atoms with van der Waals surface area (Å²) in [6.45, 7) is 2.08. The number of hydrogen-bond acceptors (Lipinski definition) is 4. The van der Waals surface area contributed by atoms with E-state index in [1.54, 1.807) is 6.20 Å². The number of nitrogens with zero attached hydrogens (tertiary/aromatic N) is 3. The van der Waals surface area contributed by atoms with Crippen LogP contribution in [-0.4, -0.2) is 15.0 Å². The normalized spacial score (nSPS) is 10.9. The number of hydrogen-bond donors (Lipinski definition) is 1. The maximum absolute atomic E-state index is 5.96. The van der Waals surface area contributed by atoms with Gasteiger partial charge in [0.05, 0.1) is 16.9 Å². The van der Waals surface area contributed by atoms with Crippen molar-refractivity contribution >= 4 is 16.7 Å². The highest BCUT2D eigenvalue weighted by atomic mass is 14.8. The first-order valence-electron chi connectivity index (χ1n) is 8.32. The summed E-state index contributed by atoms with van der Waals surface area (Å²) in [5, 5.41) is 1.09. The van der Waals surface area contributed by atoms with Crippen molar-refractivity contribution in [2.24, 2.45) is 0 Å². The van der Waals surface area contributed by atoms with Crippen LogP contribution in [0.4, 0.5) is 5.82 Å². The quantitative estimate of drug-likeness (QED) is 0.602. The second-order valence-electron chi connectivity index (χ2n) is 5.91. The summed E-state index contributed by atoms with van der Waals surface area (Å²) in [5.74, 6) is 0.591. The summed E-state index contributed by atoms with van der Waals surface area (Å²) in [4.78, 5) is 13.6. The number of para-hydroxylation sites is 1. The Morgan fingerprint density at radius 3 is 2.64 bits per heavy atom. The SMILES string of the molecule is CCc1cc(-c2cccc3ccc(-c4ccccn4)nc23)cnc1N. The Labute approximate surface area is 146 Å². The molecule has 2 N–H and O–H groups in total. The standard InChI is InChI=1S/C21H18N4/c1-2-14-12-16(13-24-21(14)22)17-7-5-6-15-9-10-19(25-20(15)17)18-8-3-4-11-23-18/h3-13H,2H2,1H3,(H2,22,24). The van der Waals surface area contributed by atoms with Crippen molar-refractivity contribution in [1.29, 1.82) is 0 Å². The molecule has 0 radical (unpaired) electrons. The molecule has 3 aromatic heterocycles. The van der Waals surface area contributed by atoms with Crippen LogP contribution >= 0.6 is 0 Å². The number of nitrogens with two attached hydrogens (primary N) is 1. The molecule has 0 aliphatic rings. The maximum Gasteiger partial charge on any atom is 0.126 e. The van der Waals surface area contributed by atoms with Crippen LogP contribution in [0.3, 0.4) is 0 Å². The second-order valence-corrected chi connectivity index (χ2v) is 5.91. The van der Waals surface area contributed by atoms with Gasteiger partial charge in [0, 0.05) is 28.9 Å². The molecular weight excluding hydrogens is 308 g/mol. The first-order chi connectivity index (χ1) is 12.3. The molecule has 4 aromatic rings. The van der Waals surface area contributed by atoms with E-state index in [-0.39, 0.29) is 0 Å². The molecule has 0 bridgehead atoms. The van der Waals surface area contributed by atoms with Gasteiger partial charge >= 0.3 is 0 Å². The van der Waals surface area contributed by atoms with Crippen LogP contribution in [0.15, 0.2) is 67.0 Å². The lowest BCUT2D eigenvalue weighted by atomic mass is 10.0. The number of rotatable bonds is 3. The van der Waals surface area contributed by atoms with E-state index in [1.165, 1.54) is 0 Å². The van der Waals surface area contributed by atoms with Gasteiger partial charge in [-0.3, -0.25) is 4.98 Å². The van der Waals surface area contributed by atoms with Crippen LogP contribution in [0.5, 0.6) is 0 Å². The molecule has 4 heteroatoms. The van der Waals surface area contributed by atoms with Gasteiger partial charge in [-0.05, 0) is 36.2 Å². The molecule has 0 saturated heterocycles. The molecule has 0 spiro atoms. The first-order valence-corrected chi connectivity index (χ1v) is 8.32. The van der Waals surface area contributed by atoms with E-state index >= 15 is 0 Å². The lowest BCUT2D eigenvalue weighted by molar-refractivity contribution is 1.11. The monoisotopic (exact) mass is 326 g/mol. The topological polar surface area (TPSA) is 64.7 Å². The Morgan fingerprint density at radius 2 is 1.84 bits per heavy atom. The Balaban J connectivity index is 1.92. The Hall–Kier alpha value is -3.27. The zero-order valence-corrected chi connectivity index (χ0v) is 14.0. The van der Waals surface area contributed by atoms with E-state index in [0.29, 0.717) is 5.82 Å². The molecule has 0 saturated carbocycles. The van der Waals surface area contributed by atoms with Crippen molar-refractivity contribution in [2.45, 2.75) is 13.3 Å². The van der Waals surface area contributed by atoms with Crippen LogP contribution in [-0.2, 0) is 6.42 Å². The molecule has 0 aliphatic carbocycles. The molecule has 0 fully saturated rings. The van der Waals surface area contributed by atoms with E-state index in [9.17, 15) is 0 Å². The number of aryl methyl sites for hydroxylation is 1. The summed E-state index contributed by atoms with van der Waals surface area (Å²) in [6.07, 6.45) is 4.45. The summed E-state index contributed by atoms with van der Waals surface area (Å²) in [5.41, 5.74) is 11.8.